The summed E-state index contributed by atoms with van der Waals surface area (Å²) in [4.78, 5) is 12.3. The molecule has 0 spiro atoms. The second-order valence-corrected chi connectivity index (χ2v) is 15.8. The zero-order valence-electron chi connectivity index (χ0n) is 34.2. The Balaban J connectivity index is 3.47. The molecule has 2 unspecified atom stereocenters. The first-order chi connectivity index (χ1) is 24.7. The number of aliphatic hydroxyl groups is 2. The Morgan fingerprint density at radius 3 is 1.04 bits per heavy atom. The van der Waals surface area contributed by atoms with Crippen LogP contribution in [-0.4, -0.2) is 34.9 Å². The first-order valence-electron chi connectivity index (χ1n) is 22.9. The summed E-state index contributed by atoms with van der Waals surface area (Å²) in [6.45, 7) is 4.32. The fourth-order valence-electron chi connectivity index (χ4n) is 7.24. The van der Waals surface area contributed by atoms with Gasteiger partial charge in [-0.2, -0.15) is 0 Å². The number of carbonyl (C=O) groups excluding carboxylic acids is 1. The number of carbonyl (C=O) groups is 1. The van der Waals surface area contributed by atoms with Gasteiger partial charge in [0.2, 0.25) is 5.91 Å². The van der Waals surface area contributed by atoms with Gasteiger partial charge in [-0.3, -0.25) is 4.79 Å². The highest BCUT2D eigenvalue weighted by atomic mass is 16.3. The third-order valence-electron chi connectivity index (χ3n) is 10.8. The van der Waals surface area contributed by atoms with E-state index in [1.54, 1.807) is 6.08 Å². The number of aliphatic hydroxyl groups excluding tert-OH is 2. The second-order valence-electron chi connectivity index (χ2n) is 15.8. The van der Waals surface area contributed by atoms with E-state index in [1.807, 2.05) is 6.08 Å². The van der Waals surface area contributed by atoms with Gasteiger partial charge >= 0.3 is 0 Å². The number of nitrogens with one attached hydrogen (secondary N) is 1. The maximum atomic E-state index is 12.3. The van der Waals surface area contributed by atoms with Crippen LogP contribution in [0.4, 0.5) is 0 Å². The molecule has 4 nitrogen and oxygen atoms in total. The number of unbranched alkanes of at least 4 members (excludes halogenated alkanes) is 35. The van der Waals surface area contributed by atoms with Crippen molar-refractivity contribution in [2.24, 2.45) is 0 Å². The van der Waals surface area contributed by atoms with Crippen LogP contribution in [0.3, 0.4) is 0 Å². The Hall–Kier alpha value is -0.870. The van der Waals surface area contributed by atoms with Gasteiger partial charge in [0.1, 0.15) is 0 Å². The van der Waals surface area contributed by atoms with Crippen molar-refractivity contribution in [1.29, 1.82) is 0 Å². The predicted molar refractivity (Wildman–Crippen MR) is 221 cm³/mol. The van der Waals surface area contributed by atoms with Crippen molar-refractivity contribution in [3.05, 3.63) is 12.2 Å². The second kappa shape index (κ2) is 42.5. The molecule has 0 heterocycles. The molecule has 4 heteroatoms. The minimum atomic E-state index is -0.833. The molecule has 0 aromatic heterocycles. The zero-order valence-corrected chi connectivity index (χ0v) is 34.2. The summed E-state index contributed by atoms with van der Waals surface area (Å²) in [5, 5.41) is 23.0. The lowest BCUT2D eigenvalue weighted by atomic mass is 10.0. The van der Waals surface area contributed by atoms with Crippen molar-refractivity contribution in [3.63, 3.8) is 0 Å². The van der Waals surface area contributed by atoms with E-state index < -0.39 is 12.1 Å². The predicted octanol–water partition coefficient (Wildman–Crippen LogP) is 14.2. The van der Waals surface area contributed by atoms with E-state index in [2.05, 4.69) is 19.2 Å². The molecule has 3 N–H and O–H groups in total. The fourth-order valence-corrected chi connectivity index (χ4v) is 7.24. The SMILES string of the molecule is CCCCCCCCCCCCCCCCCCCCCCCCCC/C=C/C(O)C(CO)NC(=O)CCCCCCCCCCCCCC. The lowest BCUT2D eigenvalue weighted by Crippen LogP contribution is -2.45. The minimum Gasteiger partial charge on any atom is -0.394 e. The quantitative estimate of drug-likeness (QED) is 0.0437. The smallest absolute Gasteiger partial charge is 0.220 e. The molecular formula is C46H91NO3. The molecule has 0 aliphatic carbocycles. The Labute approximate surface area is 314 Å². The summed E-state index contributed by atoms with van der Waals surface area (Å²) >= 11 is 0. The van der Waals surface area contributed by atoms with Gasteiger partial charge in [0, 0.05) is 6.42 Å². The summed E-state index contributed by atoms with van der Waals surface area (Å²) in [6.07, 6.45) is 53.4. The van der Waals surface area contributed by atoms with Crippen molar-refractivity contribution >= 4 is 5.91 Å². The maximum absolute atomic E-state index is 12.3. The molecule has 0 fully saturated rings. The Morgan fingerprint density at radius 1 is 0.460 bits per heavy atom. The van der Waals surface area contributed by atoms with Crippen LogP contribution in [0.2, 0.25) is 0 Å². The van der Waals surface area contributed by atoms with Crippen molar-refractivity contribution in [2.45, 2.75) is 270 Å². The minimum absolute atomic E-state index is 0.0615. The fraction of sp³-hybridized carbons (Fsp3) is 0.935. The van der Waals surface area contributed by atoms with Crippen molar-refractivity contribution in [1.82, 2.24) is 5.32 Å². The third-order valence-corrected chi connectivity index (χ3v) is 10.8. The monoisotopic (exact) mass is 706 g/mol. The van der Waals surface area contributed by atoms with E-state index in [4.69, 9.17) is 0 Å². The highest BCUT2D eigenvalue weighted by Crippen LogP contribution is 2.16. The molecular weight excluding hydrogens is 615 g/mol. The van der Waals surface area contributed by atoms with Crippen LogP contribution in [0.15, 0.2) is 12.2 Å². The lowest BCUT2D eigenvalue weighted by molar-refractivity contribution is -0.123. The van der Waals surface area contributed by atoms with Gasteiger partial charge in [-0.05, 0) is 19.3 Å². The van der Waals surface area contributed by atoms with E-state index in [-0.39, 0.29) is 12.5 Å². The van der Waals surface area contributed by atoms with Crippen LogP contribution >= 0.6 is 0 Å². The van der Waals surface area contributed by atoms with Crippen LogP contribution in [0.5, 0.6) is 0 Å². The van der Waals surface area contributed by atoms with Gasteiger partial charge in [0.15, 0.2) is 0 Å². The van der Waals surface area contributed by atoms with Crippen molar-refractivity contribution in [3.8, 4) is 0 Å². The maximum Gasteiger partial charge on any atom is 0.220 e. The largest absolute Gasteiger partial charge is 0.394 e. The topological polar surface area (TPSA) is 69.6 Å². The van der Waals surface area contributed by atoms with E-state index in [0.29, 0.717) is 6.42 Å². The molecule has 50 heavy (non-hydrogen) atoms. The molecule has 0 saturated heterocycles. The van der Waals surface area contributed by atoms with E-state index in [1.165, 1.54) is 212 Å². The van der Waals surface area contributed by atoms with E-state index in [9.17, 15) is 15.0 Å². The van der Waals surface area contributed by atoms with Crippen LogP contribution in [0, 0.1) is 0 Å². The van der Waals surface area contributed by atoms with Crippen molar-refractivity contribution in [2.75, 3.05) is 6.61 Å². The summed E-state index contributed by atoms with van der Waals surface area (Å²) in [7, 11) is 0. The van der Waals surface area contributed by atoms with Crippen LogP contribution in [0.25, 0.3) is 0 Å². The summed E-state index contributed by atoms with van der Waals surface area (Å²) in [5.41, 5.74) is 0. The van der Waals surface area contributed by atoms with Crippen LogP contribution < -0.4 is 5.32 Å². The summed E-state index contributed by atoms with van der Waals surface area (Å²) < 4.78 is 0. The van der Waals surface area contributed by atoms with Crippen molar-refractivity contribution < 1.29 is 15.0 Å². The molecule has 0 radical (unpaired) electrons. The Morgan fingerprint density at radius 2 is 0.740 bits per heavy atom. The molecule has 298 valence electrons. The molecule has 0 aromatic rings. The number of hydrogen-bond acceptors (Lipinski definition) is 3. The number of allylic oxidation sites excluding steroid dienone is 1. The van der Waals surface area contributed by atoms with Gasteiger partial charge in [-0.25, -0.2) is 0 Å². The van der Waals surface area contributed by atoms with E-state index >= 15 is 0 Å². The average Bonchev–Trinajstić information content (AvgIpc) is 3.12. The number of amides is 1. The Kier molecular flexibility index (Phi) is 41.8. The van der Waals surface area contributed by atoms with Gasteiger partial charge in [0.25, 0.3) is 0 Å². The third kappa shape index (κ3) is 38.4. The highest BCUT2D eigenvalue weighted by Gasteiger charge is 2.17. The molecule has 0 aliphatic heterocycles. The standard InChI is InChI=1S/C46H91NO3/c1-3-5-7-9-11-13-15-17-18-19-20-21-22-23-24-25-26-27-28-29-30-31-33-35-37-39-41-45(49)44(43-48)47-46(50)42-40-38-36-34-32-16-14-12-10-8-6-4-2/h39,41,44-45,48-49H,3-38,40,42-43H2,1-2H3,(H,47,50)/b41-39+. The molecule has 0 rings (SSSR count). The number of hydrogen-bond donors (Lipinski definition) is 3. The molecule has 0 aliphatic rings. The molecule has 0 bridgehead atoms. The molecule has 0 saturated carbocycles. The number of rotatable bonds is 42. The average molecular weight is 706 g/mol. The first-order valence-corrected chi connectivity index (χ1v) is 22.9. The van der Waals surface area contributed by atoms with Gasteiger partial charge in [-0.1, -0.05) is 244 Å². The van der Waals surface area contributed by atoms with Gasteiger partial charge < -0.3 is 15.5 Å². The zero-order chi connectivity index (χ0) is 36.4. The van der Waals surface area contributed by atoms with Gasteiger partial charge in [0.05, 0.1) is 18.8 Å². The first kappa shape index (κ1) is 49.1. The highest BCUT2D eigenvalue weighted by molar-refractivity contribution is 5.76. The molecule has 2 atom stereocenters. The van der Waals surface area contributed by atoms with Gasteiger partial charge in [-0.15, -0.1) is 0 Å². The van der Waals surface area contributed by atoms with E-state index in [0.717, 1.165) is 25.7 Å². The lowest BCUT2D eigenvalue weighted by Gasteiger charge is -2.20. The summed E-state index contributed by atoms with van der Waals surface area (Å²) in [5.74, 6) is -0.0615. The molecule has 1 amide bonds. The molecule has 0 aromatic carbocycles. The Bertz CT molecular complexity index is 680. The normalized spacial score (nSPS) is 13.0. The summed E-state index contributed by atoms with van der Waals surface area (Å²) in [6, 6.07) is -0.615. The van der Waals surface area contributed by atoms with Crippen LogP contribution in [-0.2, 0) is 4.79 Å². The van der Waals surface area contributed by atoms with Crippen LogP contribution in [0.1, 0.15) is 258 Å².